The Bertz CT molecular complexity index is 1080. The maximum atomic E-state index is 12.3. The minimum absolute atomic E-state index is 0.0933. The van der Waals surface area contributed by atoms with Crippen molar-refractivity contribution in [3.8, 4) is 0 Å². The fraction of sp³-hybridized carbons (Fsp3) is 0.375. The van der Waals surface area contributed by atoms with Gasteiger partial charge < -0.3 is 15.2 Å². The number of sulfone groups is 1. The summed E-state index contributed by atoms with van der Waals surface area (Å²) in [6.07, 6.45) is 3.60. The highest BCUT2D eigenvalue weighted by Crippen LogP contribution is 2.15. The van der Waals surface area contributed by atoms with Gasteiger partial charge in [-0.25, -0.2) is 8.42 Å². The largest absolute Gasteiger partial charge is 0.357 e. The van der Waals surface area contributed by atoms with Crippen LogP contribution in [-0.2, 0) is 22.1 Å². The van der Waals surface area contributed by atoms with Crippen molar-refractivity contribution in [3.63, 3.8) is 0 Å². The fourth-order valence-electron chi connectivity index (χ4n) is 3.51. The van der Waals surface area contributed by atoms with Crippen LogP contribution in [0.15, 0.2) is 71.9 Å². The van der Waals surface area contributed by atoms with E-state index in [1.54, 1.807) is 0 Å². The number of fused-ring (bicyclic) bond motifs is 1. The molecule has 31 heavy (non-hydrogen) atoms. The van der Waals surface area contributed by atoms with Gasteiger partial charge in [-0.2, -0.15) is 0 Å². The maximum Gasteiger partial charge on any atom is 0.191 e. The van der Waals surface area contributed by atoms with Gasteiger partial charge in [-0.1, -0.05) is 48.5 Å². The molecule has 0 unspecified atom stereocenters. The highest BCUT2D eigenvalue weighted by molar-refractivity contribution is 7.90. The van der Waals surface area contributed by atoms with Gasteiger partial charge in [0.2, 0.25) is 0 Å². The summed E-state index contributed by atoms with van der Waals surface area (Å²) in [5, 5.41) is 7.73. The van der Waals surface area contributed by atoms with Gasteiger partial charge in [0.15, 0.2) is 15.8 Å². The van der Waals surface area contributed by atoms with Gasteiger partial charge in [-0.05, 0) is 42.8 Å². The Labute approximate surface area is 185 Å². The first kappa shape index (κ1) is 22.9. The molecule has 0 saturated heterocycles. The number of nitrogens with one attached hydrogen (secondary N) is 2. The van der Waals surface area contributed by atoms with Crippen molar-refractivity contribution in [2.45, 2.75) is 32.1 Å². The predicted octanol–water partition coefficient (Wildman–Crippen LogP) is 3.59. The number of hydrogen-bond acceptors (Lipinski definition) is 3. The molecule has 3 aromatic rings. The molecule has 0 spiro atoms. The number of aromatic nitrogens is 1. The molecule has 0 saturated carbocycles. The highest BCUT2D eigenvalue weighted by atomic mass is 32.2. The van der Waals surface area contributed by atoms with Gasteiger partial charge in [-0.3, -0.25) is 4.99 Å². The summed E-state index contributed by atoms with van der Waals surface area (Å²) in [6.45, 7) is 4.97. The van der Waals surface area contributed by atoms with E-state index < -0.39 is 9.84 Å². The molecular weight excluding hydrogens is 408 g/mol. The van der Waals surface area contributed by atoms with Crippen LogP contribution in [0.25, 0.3) is 10.9 Å². The first-order valence-corrected chi connectivity index (χ1v) is 12.7. The van der Waals surface area contributed by atoms with E-state index >= 15 is 0 Å². The van der Waals surface area contributed by atoms with E-state index in [-0.39, 0.29) is 11.5 Å². The Balaban J connectivity index is 1.41. The average molecular weight is 441 g/mol. The Morgan fingerprint density at radius 1 is 0.968 bits per heavy atom. The molecule has 0 radical (unpaired) electrons. The summed E-state index contributed by atoms with van der Waals surface area (Å²) in [4.78, 5) is 4.63. The van der Waals surface area contributed by atoms with E-state index in [1.807, 2.05) is 37.3 Å². The molecule has 2 aromatic carbocycles. The molecule has 1 heterocycles. The van der Waals surface area contributed by atoms with Crippen LogP contribution in [0.4, 0.5) is 0 Å². The van der Waals surface area contributed by atoms with E-state index in [4.69, 9.17) is 0 Å². The number of para-hydroxylation sites is 1. The molecule has 0 aliphatic rings. The van der Waals surface area contributed by atoms with Gasteiger partial charge in [0.05, 0.1) is 11.5 Å². The zero-order chi connectivity index (χ0) is 21.9. The molecular formula is C24H32N4O2S. The zero-order valence-corrected chi connectivity index (χ0v) is 18.9. The van der Waals surface area contributed by atoms with Crippen molar-refractivity contribution < 1.29 is 8.42 Å². The number of aryl methyl sites for hydroxylation is 1. The third-order valence-corrected chi connectivity index (χ3v) is 6.69. The lowest BCUT2D eigenvalue weighted by Crippen LogP contribution is -2.38. The fourth-order valence-corrected chi connectivity index (χ4v) is 4.94. The molecule has 2 N–H and O–H groups in total. The van der Waals surface area contributed by atoms with Crippen LogP contribution in [0.5, 0.6) is 0 Å². The number of aliphatic imine (C=N–C) groups is 1. The Kier molecular flexibility index (Phi) is 8.53. The van der Waals surface area contributed by atoms with Gasteiger partial charge in [-0.15, -0.1) is 0 Å². The molecule has 166 valence electrons. The number of hydrogen-bond donors (Lipinski definition) is 2. The molecule has 7 heteroatoms. The molecule has 0 fully saturated rings. The van der Waals surface area contributed by atoms with Gasteiger partial charge in [0.1, 0.15) is 0 Å². The van der Waals surface area contributed by atoms with Crippen LogP contribution in [-0.4, -0.2) is 44.3 Å². The van der Waals surface area contributed by atoms with E-state index in [2.05, 4.69) is 56.7 Å². The molecule has 0 aliphatic carbocycles. The lowest BCUT2D eigenvalue weighted by Gasteiger charge is -2.12. The highest BCUT2D eigenvalue weighted by Gasteiger charge is 2.11. The quantitative estimate of drug-likeness (QED) is 0.271. The van der Waals surface area contributed by atoms with E-state index in [9.17, 15) is 8.42 Å². The maximum absolute atomic E-state index is 12.3. The van der Waals surface area contributed by atoms with Crippen LogP contribution < -0.4 is 10.6 Å². The predicted molar refractivity (Wildman–Crippen MR) is 129 cm³/mol. The van der Waals surface area contributed by atoms with Crippen LogP contribution in [0.3, 0.4) is 0 Å². The van der Waals surface area contributed by atoms with E-state index in [0.29, 0.717) is 19.5 Å². The van der Waals surface area contributed by atoms with Crippen molar-refractivity contribution in [3.05, 3.63) is 72.4 Å². The summed E-state index contributed by atoms with van der Waals surface area (Å²) >= 11 is 0. The van der Waals surface area contributed by atoms with Crippen LogP contribution >= 0.6 is 0 Å². The number of rotatable bonds is 11. The van der Waals surface area contributed by atoms with Gasteiger partial charge in [0, 0.05) is 37.9 Å². The Hall–Kier alpha value is -2.80. The third-order valence-electron chi connectivity index (χ3n) is 5.01. The molecule has 0 aliphatic heterocycles. The molecule has 0 amide bonds. The lowest BCUT2D eigenvalue weighted by atomic mass is 10.2. The average Bonchev–Trinajstić information content (AvgIpc) is 3.17. The SMILES string of the molecule is CCNC(=NCCCn1ccc2ccccc21)NCCCS(=O)(=O)Cc1ccccc1. The Morgan fingerprint density at radius 3 is 2.55 bits per heavy atom. The second-order valence-electron chi connectivity index (χ2n) is 7.54. The summed E-state index contributed by atoms with van der Waals surface area (Å²) in [5.41, 5.74) is 2.08. The summed E-state index contributed by atoms with van der Waals surface area (Å²) in [7, 11) is -3.11. The summed E-state index contributed by atoms with van der Waals surface area (Å²) in [5.74, 6) is 0.991. The van der Waals surface area contributed by atoms with E-state index in [1.165, 1.54) is 10.9 Å². The van der Waals surface area contributed by atoms with Crippen molar-refractivity contribution in [1.29, 1.82) is 0 Å². The Morgan fingerprint density at radius 2 is 1.74 bits per heavy atom. The van der Waals surface area contributed by atoms with Crippen molar-refractivity contribution >= 4 is 26.7 Å². The van der Waals surface area contributed by atoms with E-state index in [0.717, 1.165) is 31.0 Å². The van der Waals surface area contributed by atoms with Crippen LogP contribution in [0.2, 0.25) is 0 Å². The molecule has 1 aromatic heterocycles. The van der Waals surface area contributed by atoms with Crippen LogP contribution in [0, 0.1) is 0 Å². The minimum Gasteiger partial charge on any atom is -0.357 e. The molecule has 6 nitrogen and oxygen atoms in total. The van der Waals surface area contributed by atoms with Crippen LogP contribution in [0.1, 0.15) is 25.3 Å². The number of guanidine groups is 1. The molecule has 0 bridgehead atoms. The zero-order valence-electron chi connectivity index (χ0n) is 18.1. The monoisotopic (exact) mass is 440 g/mol. The lowest BCUT2D eigenvalue weighted by molar-refractivity contribution is 0.591. The first-order valence-electron chi connectivity index (χ1n) is 10.9. The smallest absolute Gasteiger partial charge is 0.191 e. The normalized spacial score (nSPS) is 12.2. The van der Waals surface area contributed by atoms with Gasteiger partial charge >= 0.3 is 0 Å². The second-order valence-corrected chi connectivity index (χ2v) is 9.72. The summed E-state index contributed by atoms with van der Waals surface area (Å²) in [6, 6.07) is 19.8. The first-order chi connectivity index (χ1) is 15.1. The van der Waals surface area contributed by atoms with Crippen molar-refractivity contribution in [1.82, 2.24) is 15.2 Å². The summed E-state index contributed by atoms with van der Waals surface area (Å²) < 4.78 is 26.9. The minimum atomic E-state index is -3.11. The van der Waals surface area contributed by atoms with Crippen molar-refractivity contribution in [2.24, 2.45) is 4.99 Å². The standard InChI is InChI=1S/C24H32N4O2S/c1-2-25-24(26-15-8-17-28-18-14-22-12-6-7-13-23(22)28)27-16-9-19-31(29,30)20-21-10-4-3-5-11-21/h3-7,10-14,18H,2,8-9,15-17,19-20H2,1H3,(H2,25,26,27). The topological polar surface area (TPSA) is 75.5 Å². The number of nitrogens with zero attached hydrogens (tertiary/aromatic N) is 2. The van der Waals surface area contributed by atoms with Crippen molar-refractivity contribution in [2.75, 3.05) is 25.4 Å². The third kappa shape index (κ3) is 7.43. The number of benzene rings is 2. The molecule has 0 atom stereocenters. The second kappa shape index (κ2) is 11.6. The molecule has 3 rings (SSSR count). The van der Waals surface area contributed by atoms with Gasteiger partial charge in [0.25, 0.3) is 0 Å².